The molecular formula is C26H30N2O11. The number of ether oxygens (including phenoxy) is 4. The van der Waals surface area contributed by atoms with Crippen LogP contribution in [0.2, 0.25) is 0 Å². The Bertz CT molecular complexity index is 1360. The van der Waals surface area contributed by atoms with Crippen LogP contribution in [-0.2, 0) is 23.9 Å². The number of carbonyl (C=O) groups is 1. The van der Waals surface area contributed by atoms with Crippen LogP contribution in [0.4, 0.5) is 4.79 Å². The number of amides is 1. The van der Waals surface area contributed by atoms with Gasteiger partial charge < -0.3 is 38.4 Å². The number of carbonyl (C=O) groups excluding carboxylic acids is 1. The molecular weight excluding hydrogens is 516 g/mol. The molecule has 1 unspecified atom stereocenters. The number of oxime groups is 1. The first kappa shape index (κ1) is 29.5. The van der Waals surface area contributed by atoms with Gasteiger partial charge in [-0.1, -0.05) is 17.2 Å². The molecule has 1 amide bonds. The minimum absolute atomic E-state index is 0.0355. The zero-order valence-electron chi connectivity index (χ0n) is 22.0. The first-order valence-electron chi connectivity index (χ1n) is 11.6. The lowest BCUT2D eigenvalue weighted by Gasteiger charge is -2.47. The highest BCUT2D eigenvalue weighted by atomic mass is 16.7. The molecule has 2 heterocycles. The van der Waals surface area contributed by atoms with Gasteiger partial charge in [0.2, 0.25) is 6.29 Å². The van der Waals surface area contributed by atoms with Crippen molar-refractivity contribution in [3.63, 3.8) is 0 Å². The summed E-state index contributed by atoms with van der Waals surface area (Å²) >= 11 is 0. The third kappa shape index (κ3) is 5.84. The third-order valence-corrected chi connectivity index (χ3v) is 6.14. The number of terminal acetylenes is 1. The van der Waals surface area contributed by atoms with Crippen molar-refractivity contribution in [3.8, 4) is 23.8 Å². The van der Waals surface area contributed by atoms with E-state index in [-0.39, 0.29) is 40.4 Å². The molecule has 0 bridgehead atoms. The number of rotatable bonds is 9. The number of aliphatic hydroxyl groups excluding tert-OH is 1. The van der Waals surface area contributed by atoms with Gasteiger partial charge in [0, 0.05) is 12.7 Å². The number of hydrogen-bond donors (Lipinski definition) is 3. The monoisotopic (exact) mass is 546 g/mol. The Morgan fingerprint density at radius 2 is 2.10 bits per heavy atom. The molecule has 210 valence electrons. The first-order chi connectivity index (χ1) is 18.5. The van der Waals surface area contributed by atoms with Crippen molar-refractivity contribution in [1.29, 1.82) is 0 Å². The molecule has 0 spiro atoms. The van der Waals surface area contributed by atoms with E-state index in [1.807, 2.05) is 5.48 Å². The van der Waals surface area contributed by atoms with Crippen molar-refractivity contribution in [3.05, 3.63) is 46.3 Å². The highest BCUT2D eigenvalue weighted by Gasteiger charge is 2.54. The number of nitrogens with one attached hydrogen (secondary N) is 1. The number of hydrogen-bond acceptors (Lipinski definition) is 12. The summed E-state index contributed by atoms with van der Waals surface area (Å²) in [4.78, 5) is 34.4. The van der Waals surface area contributed by atoms with Crippen LogP contribution in [0, 0.1) is 19.3 Å². The largest absolute Gasteiger partial charge is 0.506 e. The molecule has 13 nitrogen and oxygen atoms in total. The molecule has 39 heavy (non-hydrogen) atoms. The van der Waals surface area contributed by atoms with Crippen molar-refractivity contribution in [2.45, 2.75) is 51.0 Å². The zero-order valence-corrected chi connectivity index (χ0v) is 22.0. The van der Waals surface area contributed by atoms with Gasteiger partial charge >= 0.3 is 11.7 Å². The number of aryl methyl sites for hydroxylation is 1. The third-order valence-electron chi connectivity index (χ3n) is 6.14. The maximum atomic E-state index is 12.6. The zero-order chi connectivity index (χ0) is 28.9. The molecule has 13 heteroatoms. The summed E-state index contributed by atoms with van der Waals surface area (Å²) in [6, 6.07) is 2.95. The lowest BCUT2D eigenvalue weighted by atomic mass is 9.88. The Hall–Kier alpha value is -4.09. The molecule has 0 radical (unpaired) electrons. The minimum Gasteiger partial charge on any atom is -0.506 e. The Kier molecular flexibility index (Phi) is 9.20. The molecule has 1 aromatic carbocycles. The predicted octanol–water partition coefficient (Wildman–Crippen LogP) is 1.89. The van der Waals surface area contributed by atoms with Crippen molar-refractivity contribution < 1.29 is 48.0 Å². The van der Waals surface area contributed by atoms with E-state index in [2.05, 4.69) is 22.5 Å². The summed E-state index contributed by atoms with van der Waals surface area (Å²) in [6.07, 6.45) is 0.199. The maximum absolute atomic E-state index is 12.6. The van der Waals surface area contributed by atoms with Crippen LogP contribution in [0.1, 0.15) is 25.0 Å². The molecule has 1 saturated heterocycles. The van der Waals surface area contributed by atoms with E-state index in [1.165, 1.54) is 39.4 Å². The van der Waals surface area contributed by atoms with Crippen molar-refractivity contribution in [2.75, 3.05) is 20.8 Å². The summed E-state index contributed by atoms with van der Waals surface area (Å²) < 4.78 is 28.3. The highest BCUT2D eigenvalue weighted by Crippen LogP contribution is 2.38. The molecule has 3 rings (SSSR count). The topological polar surface area (TPSA) is 168 Å². The number of methoxy groups -OCH3 is 1. The quantitative estimate of drug-likeness (QED) is 0.105. The molecule has 1 aliphatic heterocycles. The van der Waals surface area contributed by atoms with Crippen LogP contribution in [0.3, 0.4) is 0 Å². The van der Waals surface area contributed by atoms with E-state index in [0.29, 0.717) is 5.56 Å². The van der Waals surface area contributed by atoms with Crippen molar-refractivity contribution >= 4 is 22.8 Å². The van der Waals surface area contributed by atoms with E-state index >= 15 is 0 Å². The van der Waals surface area contributed by atoms with Gasteiger partial charge in [-0.15, -0.1) is 13.0 Å². The molecule has 1 fully saturated rings. The number of nitrogens with zero attached hydrogens (tertiary/aromatic N) is 1. The molecule has 2 aromatic rings. The number of aliphatic hydroxyl groups is 1. The smallest absolute Gasteiger partial charge is 0.431 e. The normalized spacial score (nSPS) is 25.0. The lowest BCUT2D eigenvalue weighted by molar-refractivity contribution is -0.296. The predicted molar refractivity (Wildman–Crippen MR) is 137 cm³/mol. The standard InChI is InChI=1S/C26H30N2O11/c1-8-12-35-28-25(32)38-21-19(30)24(39-26(5,9-2)22(21)33-6)36-16-11-10-15-18(29)17(14(4)27-34-7)23(31)37-20(15)13(16)3/h1,9-11,19,21-22,24,29-30H,2,12H2,3-7H3,(H,28,32)/t19-,21+,22-,24?,26+/m1/s1. The van der Waals surface area contributed by atoms with Gasteiger partial charge in [-0.2, -0.15) is 5.48 Å². The minimum atomic E-state index is -1.56. The summed E-state index contributed by atoms with van der Waals surface area (Å²) in [5, 5.41) is 25.8. The second-order valence-corrected chi connectivity index (χ2v) is 8.64. The second kappa shape index (κ2) is 12.2. The van der Waals surface area contributed by atoms with E-state index in [9.17, 15) is 19.8 Å². The van der Waals surface area contributed by atoms with Gasteiger partial charge in [0.25, 0.3) is 0 Å². The Balaban J connectivity index is 1.98. The highest BCUT2D eigenvalue weighted by molar-refractivity contribution is 6.04. The molecule has 1 aliphatic rings. The molecule has 5 atom stereocenters. The van der Waals surface area contributed by atoms with Crippen molar-refractivity contribution in [1.82, 2.24) is 5.48 Å². The van der Waals surface area contributed by atoms with E-state index in [4.69, 9.17) is 34.6 Å². The summed E-state index contributed by atoms with van der Waals surface area (Å²) in [7, 11) is 2.65. The van der Waals surface area contributed by atoms with E-state index in [1.54, 1.807) is 13.8 Å². The average Bonchev–Trinajstić information content (AvgIpc) is 2.89. The van der Waals surface area contributed by atoms with Crippen LogP contribution in [-0.4, -0.2) is 73.0 Å². The molecule has 0 aliphatic carbocycles. The Morgan fingerprint density at radius 3 is 2.72 bits per heavy atom. The molecule has 1 aromatic heterocycles. The van der Waals surface area contributed by atoms with Gasteiger partial charge in [0.05, 0.1) is 11.1 Å². The first-order valence-corrected chi connectivity index (χ1v) is 11.6. The van der Waals surface area contributed by atoms with Gasteiger partial charge in [0.1, 0.15) is 48.1 Å². The van der Waals surface area contributed by atoms with Crippen molar-refractivity contribution in [2.24, 2.45) is 5.16 Å². The van der Waals surface area contributed by atoms with E-state index < -0.39 is 41.9 Å². The maximum Gasteiger partial charge on any atom is 0.431 e. The Morgan fingerprint density at radius 1 is 1.38 bits per heavy atom. The number of hydroxylamine groups is 1. The molecule has 3 N–H and O–H groups in total. The second-order valence-electron chi connectivity index (χ2n) is 8.64. The number of fused-ring (bicyclic) bond motifs is 1. The average molecular weight is 547 g/mol. The van der Waals surface area contributed by atoms with Crippen LogP contribution in [0.15, 0.2) is 39.2 Å². The fourth-order valence-electron chi connectivity index (χ4n) is 4.21. The van der Waals surface area contributed by atoms with Gasteiger partial charge in [-0.05, 0) is 32.9 Å². The van der Waals surface area contributed by atoms with Crippen LogP contribution in [0.25, 0.3) is 11.0 Å². The van der Waals surface area contributed by atoms with Gasteiger partial charge in [-0.25, -0.2) is 9.59 Å². The van der Waals surface area contributed by atoms with Gasteiger partial charge in [0.15, 0.2) is 12.2 Å². The summed E-state index contributed by atoms with van der Waals surface area (Å²) in [5.41, 5.74) is 0.197. The number of benzene rings is 1. The van der Waals surface area contributed by atoms with Crippen LogP contribution >= 0.6 is 0 Å². The van der Waals surface area contributed by atoms with E-state index in [0.717, 1.165) is 0 Å². The SMILES string of the molecule is C#CCONC(=O)O[C@@H]1[C@@H](OC)[C@](C)(C=C)OC(Oc2ccc3c(O)c(C(C)=NOC)c(=O)oc3c2C)[C@@H]1O. The number of aromatic hydroxyl groups is 1. The van der Waals surface area contributed by atoms with Crippen LogP contribution < -0.4 is 15.8 Å². The Labute approximate surface area is 223 Å². The fourth-order valence-corrected chi connectivity index (χ4v) is 4.21. The molecule has 0 saturated carbocycles. The van der Waals surface area contributed by atoms with Crippen LogP contribution in [0.5, 0.6) is 11.5 Å². The van der Waals surface area contributed by atoms with Gasteiger partial charge in [-0.3, -0.25) is 4.84 Å². The summed E-state index contributed by atoms with van der Waals surface area (Å²) in [5.74, 6) is 1.97. The summed E-state index contributed by atoms with van der Waals surface area (Å²) in [6.45, 7) is 8.23. The fraction of sp³-hybridized carbons (Fsp3) is 0.423. The lowest BCUT2D eigenvalue weighted by Crippen LogP contribution is -2.65.